The first-order valence-corrected chi connectivity index (χ1v) is 7.18. The Labute approximate surface area is 101 Å². The van der Waals surface area contributed by atoms with Gasteiger partial charge in [0.25, 0.3) is 0 Å². The molecule has 2 N–H and O–H groups in total. The Bertz CT molecular complexity index is 513. The summed E-state index contributed by atoms with van der Waals surface area (Å²) in [5, 5.41) is 0. The maximum Gasteiger partial charge on any atom is 0.235 e. The molecule has 0 spiro atoms. The molecule has 0 aliphatic carbocycles. The van der Waals surface area contributed by atoms with Crippen molar-refractivity contribution in [3.8, 4) is 5.75 Å². The molecule has 5 nitrogen and oxygen atoms in total. The molecule has 94 valence electrons. The van der Waals surface area contributed by atoms with Gasteiger partial charge >= 0.3 is 0 Å². The molecule has 0 unspecified atom stereocenters. The van der Waals surface area contributed by atoms with E-state index in [2.05, 4.69) is 0 Å². The topological polar surface area (TPSA) is 72.6 Å². The average Bonchev–Trinajstić information content (AvgIpc) is 2.27. The van der Waals surface area contributed by atoms with Crippen LogP contribution in [0.4, 0.5) is 11.4 Å². The number of fused-ring (bicyclic) bond motifs is 1. The van der Waals surface area contributed by atoms with Gasteiger partial charge in [0.1, 0.15) is 12.4 Å². The summed E-state index contributed by atoms with van der Waals surface area (Å²) in [7, 11) is -3.25. The average molecular weight is 256 g/mol. The van der Waals surface area contributed by atoms with Crippen LogP contribution in [0.15, 0.2) is 18.2 Å². The maximum atomic E-state index is 12.1. The molecule has 1 heterocycles. The van der Waals surface area contributed by atoms with Gasteiger partial charge in [-0.3, -0.25) is 4.31 Å². The van der Waals surface area contributed by atoms with Crippen molar-refractivity contribution in [2.45, 2.75) is 13.3 Å². The summed E-state index contributed by atoms with van der Waals surface area (Å²) in [5.41, 5.74) is 6.80. The second-order valence-corrected chi connectivity index (χ2v) is 5.98. The molecule has 0 fully saturated rings. The number of anilines is 2. The number of ether oxygens (including phenoxy) is 1. The molecule has 1 aliphatic rings. The molecular weight excluding hydrogens is 240 g/mol. The molecule has 6 heteroatoms. The van der Waals surface area contributed by atoms with E-state index in [1.807, 2.05) is 6.92 Å². The summed E-state index contributed by atoms with van der Waals surface area (Å²) in [4.78, 5) is 0. The van der Waals surface area contributed by atoms with Gasteiger partial charge in [0, 0.05) is 11.8 Å². The summed E-state index contributed by atoms with van der Waals surface area (Å²) >= 11 is 0. The summed E-state index contributed by atoms with van der Waals surface area (Å²) in [5.74, 6) is 0.688. The fourth-order valence-electron chi connectivity index (χ4n) is 1.87. The molecule has 1 aromatic carbocycles. The summed E-state index contributed by atoms with van der Waals surface area (Å²) in [6, 6.07) is 5.03. The first-order chi connectivity index (χ1) is 8.04. The fourth-order valence-corrected chi connectivity index (χ4v) is 3.41. The Balaban J connectivity index is 2.42. The zero-order valence-electron chi connectivity index (χ0n) is 9.72. The predicted molar refractivity (Wildman–Crippen MR) is 67.8 cm³/mol. The molecule has 17 heavy (non-hydrogen) atoms. The van der Waals surface area contributed by atoms with E-state index in [-0.39, 0.29) is 5.75 Å². The van der Waals surface area contributed by atoms with Crippen molar-refractivity contribution < 1.29 is 13.2 Å². The van der Waals surface area contributed by atoms with E-state index >= 15 is 0 Å². The zero-order chi connectivity index (χ0) is 12.5. The van der Waals surface area contributed by atoms with Crippen molar-refractivity contribution in [2.75, 3.05) is 28.9 Å². The summed E-state index contributed by atoms with van der Waals surface area (Å²) in [6.07, 6.45) is 0.601. The molecule has 0 aromatic heterocycles. The highest BCUT2D eigenvalue weighted by molar-refractivity contribution is 7.92. The maximum absolute atomic E-state index is 12.1. The minimum absolute atomic E-state index is 0.150. The van der Waals surface area contributed by atoms with Gasteiger partial charge in [0.05, 0.1) is 18.0 Å². The molecule has 0 saturated carbocycles. The molecule has 0 saturated heterocycles. The van der Waals surface area contributed by atoms with Crippen LogP contribution in [0.1, 0.15) is 13.3 Å². The second kappa shape index (κ2) is 4.44. The van der Waals surface area contributed by atoms with Crippen LogP contribution in [0.25, 0.3) is 0 Å². The zero-order valence-corrected chi connectivity index (χ0v) is 10.5. The number of hydrogen-bond donors (Lipinski definition) is 1. The Morgan fingerprint density at radius 1 is 1.47 bits per heavy atom. The molecule has 1 aliphatic heterocycles. The van der Waals surface area contributed by atoms with Crippen molar-refractivity contribution in [3.63, 3.8) is 0 Å². The first-order valence-electron chi connectivity index (χ1n) is 5.57. The van der Waals surface area contributed by atoms with Gasteiger partial charge in [-0.1, -0.05) is 6.92 Å². The standard InChI is InChI=1S/C11H16N2O3S/c1-2-7-17(14,15)13-5-6-16-11-8-9(12)3-4-10(11)13/h3-4,8H,2,5-7,12H2,1H3. The lowest BCUT2D eigenvalue weighted by Crippen LogP contribution is -2.39. The minimum Gasteiger partial charge on any atom is -0.489 e. The second-order valence-electron chi connectivity index (χ2n) is 3.96. The lowest BCUT2D eigenvalue weighted by molar-refractivity contribution is 0.316. The SMILES string of the molecule is CCCS(=O)(=O)N1CCOc2cc(N)ccc21. The molecule has 1 aromatic rings. The van der Waals surface area contributed by atoms with Crippen LogP contribution >= 0.6 is 0 Å². The predicted octanol–water partition coefficient (Wildman–Crippen LogP) is 1.21. The highest BCUT2D eigenvalue weighted by atomic mass is 32.2. The van der Waals surface area contributed by atoms with Gasteiger partial charge in [0.2, 0.25) is 10.0 Å². The lowest BCUT2D eigenvalue weighted by Gasteiger charge is -2.30. The summed E-state index contributed by atoms with van der Waals surface area (Å²) in [6.45, 7) is 2.57. The minimum atomic E-state index is -3.25. The van der Waals surface area contributed by atoms with Crippen molar-refractivity contribution >= 4 is 21.4 Å². The largest absolute Gasteiger partial charge is 0.489 e. The van der Waals surface area contributed by atoms with E-state index in [1.54, 1.807) is 18.2 Å². The molecule has 0 bridgehead atoms. The number of nitrogen functional groups attached to an aromatic ring is 1. The Morgan fingerprint density at radius 2 is 2.24 bits per heavy atom. The number of sulfonamides is 1. The number of nitrogens with two attached hydrogens (primary N) is 1. The van der Waals surface area contributed by atoms with Gasteiger partial charge in [-0.2, -0.15) is 0 Å². The number of benzene rings is 1. The first kappa shape index (κ1) is 12.0. The van der Waals surface area contributed by atoms with E-state index in [0.717, 1.165) is 0 Å². The Hall–Kier alpha value is -1.43. The van der Waals surface area contributed by atoms with Crippen molar-refractivity contribution in [2.24, 2.45) is 0 Å². The number of nitrogens with zero attached hydrogens (tertiary/aromatic N) is 1. The van der Waals surface area contributed by atoms with Crippen LogP contribution in [-0.2, 0) is 10.0 Å². The fraction of sp³-hybridized carbons (Fsp3) is 0.455. The van der Waals surface area contributed by atoms with Crippen LogP contribution in [-0.4, -0.2) is 27.3 Å². The van der Waals surface area contributed by atoms with Crippen molar-refractivity contribution in [1.82, 2.24) is 0 Å². The normalized spacial score (nSPS) is 15.2. The van der Waals surface area contributed by atoms with E-state index < -0.39 is 10.0 Å². The third kappa shape index (κ3) is 2.31. The van der Waals surface area contributed by atoms with Gasteiger partial charge in [-0.25, -0.2) is 8.42 Å². The Morgan fingerprint density at radius 3 is 2.94 bits per heavy atom. The van der Waals surface area contributed by atoms with Gasteiger partial charge < -0.3 is 10.5 Å². The molecule has 0 radical (unpaired) electrons. The number of hydrogen-bond acceptors (Lipinski definition) is 4. The molecule has 2 rings (SSSR count). The van der Waals surface area contributed by atoms with Gasteiger partial charge in [-0.15, -0.1) is 0 Å². The van der Waals surface area contributed by atoms with Crippen molar-refractivity contribution in [1.29, 1.82) is 0 Å². The van der Waals surface area contributed by atoms with Crippen LogP contribution in [0.2, 0.25) is 0 Å². The van der Waals surface area contributed by atoms with Gasteiger partial charge in [0.15, 0.2) is 0 Å². The van der Waals surface area contributed by atoms with Crippen LogP contribution in [0.3, 0.4) is 0 Å². The monoisotopic (exact) mass is 256 g/mol. The van der Waals surface area contributed by atoms with Crippen LogP contribution < -0.4 is 14.8 Å². The smallest absolute Gasteiger partial charge is 0.235 e. The summed E-state index contributed by atoms with van der Waals surface area (Å²) < 4.78 is 31.0. The quantitative estimate of drug-likeness (QED) is 0.825. The van der Waals surface area contributed by atoms with E-state index in [9.17, 15) is 8.42 Å². The molecular formula is C11H16N2O3S. The van der Waals surface area contributed by atoms with Crippen molar-refractivity contribution in [3.05, 3.63) is 18.2 Å². The number of rotatable bonds is 3. The van der Waals surface area contributed by atoms with Crippen LogP contribution in [0.5, 0.6) is 5.75 Å². The third-order valence-corrected chi connectivity index (χ3v) is 4.58. The molecule has 0 amide bonds. The van der Waals surface area contributed by atoms with Crippen LogP contribution in [0, 0.1) is 0 Å². The third-order valence-electron chi connectivity index (χ3n) is 2.60. The van der Waals surface area contributed by atoms with E-state index in [4.69, 9.17) is 10.5 Å². The highest BCUT2D eigenvalue weighted by Gasteiger charge is 2.27. The Kier molecular flexibility index (Phi) is 3.15. The van der Waals surface area contributed by atoms with Gasteiger partial charge in [-0.05, 0) is 18.6 Å². The van der Waals surface area contributed by atoms with E-state index in [1.165, 1.54) is 4.31 Å². The van der Waals surface area contributed by atoms with E-state index in [0.29, 0.717) is 36.7 Å². The lowest BCUT2D eigenvalue weighted by atomic mass is 10.2. The molecule has 0 atom stereocenters. The highest BCUT2D eigenvalue weighted by Crippen LogP contribution is 2.34.